The molecule has 1 heterocycles. The van der Waals surface area contributed by atoms with Crippen LogP contribution in [-0.2, 0) is 6.54 Å². The Morgan fingerprint density at radius 2 is 1.43 bits per heavy atom. The summed E-state index contributed by atoms with van der Waals surface area (Å²) in [6, 6.07) is 29.1. The molecule has 1 fully saturated rings. The van der Waals surface area contributed by atoms with E-state index < -0.39 is 0 Å². The van der Waals surface area contributed by atoms with Crippen molar-refractivity contribution in [1.82, 2.24) is 9.80 Å². The fourth-order valence-electron chi connectivity index (χ4n) is 3.85. The molecule has 0 radical (unpaired) electrons. The molecule has 0 bridgehead atoms. The second-order valence-electron chi connectivity index (χ2n) is 7.50. The number of carbonyl (C=O) groups excluding carboxylic acids is 1. The van der Waals surface area contributed by atoms with Crippen LogP contribution in [0.5, 0.6) is 0 Å². The number of nitrogens with zero attached hydrogens (tertiary/aromatic N) is 2. The molecule has 1 amide bonds. The Kier molecular flexibility index (Phi) is 5.54. The number of benzene rings is 3. The molecule has 0 N–H and O–H groups in total. The third-order valence-electron chi connectivity index (χ3n) is 5.52. The van der Waals surface area contributed by atoms with E-state index in [1.165, 1.54) is 11.1 Å². The van der Waals surface area contributed by atoms with Crippen molar-refractivity contribution in [2.24, 2.45) is 0 Å². The van der Waals surface area contributed by atoms with Crippen LogP contribution < -0.4 is 0 Å². The quantitative estimate of drug-likeness (QED) is 0.665. The molecule has 3 aromatic carbocycles. The van der Waals surface area contributed by atoms with Crippen LogP contribution in [0.1, 0.15) is 22.8 Å². The van der Waals surface area contributed by atoms with Gasteiger partial charge in [0, 0.05) is 37.8 Å². The first-order valence-electron chi connectivity index (χ1n) is 9.93. The van der Waals surface area contributed by atoms with Crippen LogP contribution in [-0.4, -0.2) is 41.4 Å². The number of carbonyl (C=O) groups is 1. The van der Waals surface area contributed by atoms with Crippen LogP contribution in [0.3, 0.4) is 0 Å². The summed E-state index contributed by atoms with van der Waals surface area (Å²) in [4.78, 5) is 17.4. The first-order chi connectivity index (χ1) is 13.7. The molecule has 4 rings (SSSR count). The number of rotatable bonds is 4. The number of amides is 1. The minimum absolute atomic E-state index is 0.130. The lowest BCUT2D eigenvalue weighted by Gasteiger charge is -2.40. The Morgan fingerprint density at radius 3 is 2.07 bits per heavy atom. The highest BCUT2D eigenvalue weighted by Crippen LogP contribution is 2.21. The minimum Gasteiger partial charge on any atom is -0.336 e. The zero-order valence-corrected chi connectivity index (χ0v) is 16.3. The lowest BCUT2D eigenvalue weighted by atomic mass is 10.0. The number of hydrogen-bond donors (Lipinski definition) is 0. The van der Waals surface area contributed by atoms with Gasteiger partial charge in [-0.2, -0.15) is 0 Å². The van der Waals surface area contributed by atoms with Crippen LogP contribution in [0.2, 0.25) is 0 Å². The van der Waals surface area contributed by atoms with Gasteiger partial charge in [-0.15, -0.1) is 0 Å². The predicted octanol–water partition coefficient (Wildman–Crippen LogP) is 4.70. The van der Waals surface area contributed by atoms with Crippen molar-refractivity contribution >= 4 is 5.91 Å². The van der Waals surface area contributed by atoms with Crippen LogP contribution in [0, 0.1) is 0 Å². The monoisotopic (exact) mass is 370 g/mol. The molecular weight excluding hydrogens is 344 g/mol. The van der Waals surface area contributed by atoms with Crippen LogP contribution >= 0.6 is 0 Å². The highest BCUT2D eigenvalue weighted by molar-refractivity contribution is 5.94. The van der Waals surface area contributed by atoms with Gasteiger partial charge in [-0.05, 0) is 35.7 Å². The summed E-state index contributed by atoms with van der Waals surface area (Å²) in [6.07, 6.45) is 0. The second kappa shape index (κ2) is 8.41. The topological polar surface area (TPSA) is 23.6 Å². The first kappa shape index (κ1) is 18.5. The molecule has 3 aromatic rings. The molecule has 1 aliphatic rings. The van der Waals surface area contributed by atoms with Gasteiger partial charge in [0.25, 0.3) is 5.91 Å². The maximum Gasteiger partial charge on any atom is 0.253 e. The summed E-state index contributed by atoms with van der Waals surface area (Å²) in [5.74, 6) is 0.130. The lowest BCUT2D eigenvalue weighted by Crippen LogP contribution is -2.53. The molecule has 142 valence electrons. The molecule has 3 nitrogen and oxygen atoms in total. The van der Waals surface area contributed by atoms with E-state index in [1.54, 1.807) is 0 Å². The van der Waals surface area contributed by atoms with Crippen molar-refractivity contribution in [3.8, 4) is 11.1 Å². The molecule has 0 aromatic heterocycles. The van der Waals surface area contributed by atoms with Gasteiger partial charge in [0.15, 0.2) is 0 Å². The summed E-state index contributed by atoms with van der Waals surface area (Å²) in [5, 5.41) is 0. The molecule has 1 saturated heterocycles. The Morgan fingerprint density at radius 1 is 0.821 bits per heavy atom. The molecule has 28 heavy (non-hydrogen) atoms. The Balaban J connectivity index is 1.39. The molecule has 0 aliphatic carbocycles. The van der Waals surface area contributed by atoms with Gasteiger partial charge < -0.3 is 4.90 Å². The summed E-state index contributed by atoms with van der Waals surface area (Å²) >= 11 is 0. The minimum atomic E-state index is 0.130. The highest BCUT2D eigenvalue weighted by Gasteiger charge is 2.27. The van der Waals surface area contributed by atoms with E-state index in [-0.39, 0.29) is 5.91 Å². The van der Waals surface area contributed by atoms with E-state index in [2.05, 4.69) is 48.2 Å². The summed E-state index contributed by atoms with van der Waals surface area (Å²) in [5.41, 5.74) is 4.40. The maximum atomic E-state index is 13.0. The van der Waals surface area contributed by atoms with Crippen molar-refractivity contribution in [1.29, 1.82) is 0 Å². The second-order valence-corrected chi connectivity index (χ2v) is 7.50. The Labute approximate surface area is 167 Å². The smallest absolute Gasteiger partial charge is 0.253 e. The largest absolute Gasteiger partial charge is 0.336 e. The molecule has 1 unspecified atom stereocenters. The van der Waals surface area contributed by atoms with Gasteiger partial charge in [0.2, 0.25) is 0 Å². The van der Waals surface area contributed by atoms with E-state index in [9.17, 15) is 4.79 Å². The molecule has 3 heteroatoms. The van der Waals surface area contributed by atoms with E-state index in [0.717, 1.165) is 37.3 Å². The summed E-state index contributed by atoms with van der Waals surface area (Å²) in [6.45, 7) is 5.60. The first-order valence-corrected chi connectivity index (χ1v) is 9.93. The van der Waals surface area contributed by atoms with Crippen molar-refractivity contribution in [3.63, 3.8) is 0 Å². The highest BCUT2D eigenvalue weighted by atomic mass is 16.2. The molecule has 1 atom stereocenters. The Bertz CT molecular complexity index is 906. The van der Waals surface area contributed by atoms with Crippen molar-refractivity contribution in [2.75, 3.05) is 19.6 Å². The van der Waals surface area contributed by atoms with Gasteiger partial charge in [-0.3, -0.25) is 9.69 Å². The third-order valence-corrected chi connectivity index (χ3v) is 5.52. The van der Waals surface area contributed by atoms with Crippen molar-refractivity contribution in [2.45, 2.75) is 19.5 Å². The van der Waals surface area contributed by atoms with E-state index in [4.69, 9.17) is 0 Å². The summed E-state index contributed by atoms with van der Waals surface area (Å²) in [7, 11) is 0. The SMILES string of the molecule is CC1CN(C(=O)c2ccc(-c3ccccc3)cc2)CCN1Cc1ccccc1. The number of hydrogen-bond acceptors (Lipinski definition) is 2. The van der Waals surface area contributed by atoms with Gasteiger partial charge in [-0.1, -0.05) is 72.8 Å². The normalized spacial score (nSPS) is 17.5. The maximum absolute atomic E-state index is 13.0. The molecule has 1 aliphatic heterocycles. The zero-order valence-electron chi connectivity index (χ0n) is 16.3. The third kappa shape index (κ3) is 4.15. The fraction of sp³-hybridized carbons (Fsp3) is 0.240. The summed E-state index contributed by atoms with van der Waals surface area (Å²) < 4.78 is 0. The molecular formula is C25H26N2O. The fourth-order valence-corrected chi connectivity index (χ4v) is 3.85. The van der Waals surface area contributed by atoms with Crippen LogP contribution in [0.15, 0.2) is 84.9 Å². The van der Waals surface area contributed by atoms with Gasteiger partial charge >= 0.3 is 0 Å². The average molecular weight is 370 g/mol. The van der Waals surface area contributed by atoms with E-state index in [1.807, 2.05) is 53.4 Å². The standard InChI is InChI=1S/C25H26N2O/c1-20-18-27(17-16-26(20)19-21-8-4-2-5-9-21)25(28)24-14-12-23(13-15-24)22-10-6-3-7-11-22/h2-15,20H,16-19H2,1H3. The average Bonchev–Trinajstić information content (AvgIpc) is 2.76. The van der Waals surface area contributed by atoms with Gasteiger partial charge in [0.05, 0.1) is 0 Å². The zero-order chi connectivity index (χ0) is 19.3. The van der Waals surface area contributed by atoms with Crippen LogP contribution in [0.25, 0.3) is 11.1 Å². The van der Waals surface area contributed by atoms with E-state index in [0.29, 0.717) is 6.04 Å². The predicted molar refractivity (Wildman–Crippen MR) is 114 cm³/mol. The van der Waals surface area contributed by atoms with Gasteiger partial charge in [-0.25, -0.2) is 0 Å². The Hall–Kier alpha value is -2.91. The van der Waals surface area contributed by atoms with Gasteiger partial charge in [0.1, 0.15) is 0 Å². The van der Waals surface area contributed by atoms with E-state index >= 15 is 0 Å². The van der Waals surface area contributed by atoms with Crippen LogP contribution in [0.4, 0.5) is 0 Å². The number of piperazine rings is 1. The molecule has 0 spiro atoms. The van der Waals surface area contributed by atoms with Crippen molar-refractivity contribution < 1.29 is 4.79 Å². The molecule has 0 saturated carbocycles. The lowest BCUT2D eigenvalue weighted by molar-refractivity contribution is 0.0495. The van der Waals surface area contributed by atoms with Crippen molar-refractivity contribution in [3.05, 3.63) is 96.1 Å².